The Kier molecular flexibility index (Phi) is 10.5. The largest absolute Gasteiger partial charge is 0.372 e. The Morgan fingerprint density at radius 3 is 2.31 bits per heavy atom. The molecule has 0 spiro atoms. The first kappa shape index (κ1) is 15.4. The van der Waals surface area contributed by atoms with Crippen molar-refractivity contribution in [2.45, 2.75) is 77.3 Å². The molecule has 1 aliphatic carbocycles. The third-order valence-corrected chi connectivity index (χ3v) is 3.21. The van der Waals surface area contributed by atoms with Crippen LogP contribution in [0.25, 0.3) is 0 Å². The zero-order valence-corrected chi connectivity index (χ0v) is 10.9. The highest BCUT2D eigenvalue weighted by Crippen LogP contribution is 2.18. The lowest BCUT2D eigenvalue weighted by Crippen LogP contribution is -2.39. The molecule has 0 heterocycles. The summed E-state index contributed by atoms with van der Waals surface area (Å²) in [5.41, 5.74) is 4.17. The van der Waals surface area contributed by atoms with Crippen LogP contribution in [0, 0.1) is 0 Å². The first-order valence-corrected chi connectivity index (χ1v) is 6.69. The summed E-state index contributed by atoms with van der Waals surface area (Å²) < 4.78 is 0. The molecule has 0 radical (unpaired) electrons. The van der Waals surface area contributed by atoms with Gasteiger partial charge in [0.2, 0.25) is 6.41 Å². The smallest absolute Gasteiger partial charge is 0.204 e. The van der Waals surface area contributed by atoms with Crippen LogP contribution < -0.4 is 11.1 Å². The second-order valence-electron chi connectivity index (χ2n) is 4.53. The summed E-state index contributed by atoms with van der Waals surface area (Å²) in [4.78, 5) is 8.58. The van der Waals surface area contributed by atoms with Gasteiger partial charge in [-0.25, -0.2) is 0 Å². The molecule has 0 aromatic rings. The van der Waals surface area contributed by atoms with Gasteiger partial charge >= 0.3 is 0 Å². The number of rotatable bonds is 5. The lowest BCUT2D eigenvalue weighted by atomic mass is 9.94. The molecule has 1 amide bonds. The van der Waals surface area contributed by atoms with Gasteiger partial charge in [-0.1, -0.05) is 39.5 Å². The molecule has 1 fully saturated rings. The van der Waals surface area contributed by atoms with Crippen molar-refractivity contribution in [1.29, 1.82) is 0 Å². The second kappa shape index (κ2) is 10.9. The molecule has 0 aliphatic heterocycles. The molecule has 96 valence electrons. The number of nitrogens with two attached hydrogens (primary N) is 1. The van der Waals surface area contributed by atoms with E-state index in [0.717, 1.165) is 12.1 Å². The van der Waals surface area contributed by atoms with Gasteiger partial charge in [0.15, 0.2) is 0 Å². The number of carbonyl (C=O) groups is 1. The lowest BCUT2D eigenvalue weighted by Gasteiger charge is -2.27. The van der Waals surface area contributed by atoms with Crippen LogP contribution in [0.15, 0.2) is 0 Å². The summed E-state index contributed by atoms with van der Waals surface area (Å²) in [6.45, 7) is 4.58. The zero-order chi connectivity index (χ0) is 12.2. The summed E-state index contributed by atoms with van der Waals surface area (Å²) in [6, 6.07) is 1.62. The van der Waals surface area contributed by atoms with Crippen LogP contribution in [-0.2, 0) is 4.79 Å². The highest BCUT2D eigenvalue weighted by Gasteiger charge is 2.15. The molecular weight excluding hydrogens is 200 g/mol. The number of hydrogen-bond acceptors (Lipinski definition) is 2. The van der Waals surface area contributed by atoms with E-state index in [-0.39, 0.29) is 6.41 Å². The maximum Gasteiger partial charge on any atom is 0.204 e. The van der Waals surface area contributed by atoms with Gasteiger partial charge in [-0.05, 0) is 25.7 Å². The van der Waals surface area contributed by atoms with Gasteiger partial charge in [-0.2, -0.15) is 0 Å². The van der Waals surface area contributed by atoms with Crippen molar-refractivity contribution in [3.8, 4) is 0 Å². The van der Waals surface area contributed by atoms with Crippen LogP contribution in [0.1, 0.15) is 65.2 Å². The highest BCUT2D eigenvalue weighted by atomic mass is 16.1. The topological polar surface area (TPSA) is 55.1 Å². The van der Waals surface area contributed by atoms with E-state index in [1.165, 1.54) is 51.4 Å². The predicted octanol–water partition coefficient (Wildman–Crippen LogP) is 2.59. The van der Waals surface area contributed by atoms with Gasteiger partial charge < -0.3 is 11.1 Å². The van der Waals surface area contributed by atoms with Crippen molar-refractivity contribution < 1.29 is 4.79 Å². The highest BCUT2D eigenvalue weighted by molar-refractivity contribution is 5.42. The van der Waals surface area contributed by atoms with Gasteiger partial charge in [0.1, 0.15) is 0 Å². The predicted molar refractivity (Wildman–Crippen MR) is 69.2 cm³/mol. The normalized spacial score (nSPS) is 18.4. The zero-order valence-electron chi connectivity index (χ0n) is 10.9. The maximum absolute atomic E-state index is 8.58. The van der Waals surface area contributed by atoms with Crippen molar-refractivity contribution >= 4 is 6.41 Å². The summed E-state index contributed by atoms with van der Waals surface area (Å²) in [5, 5.41) is 3.81. The van der Waals surface area contributed by atoms with E-state index in [9.17, 15) is 0 Å². The Hall–Kier alpha value is -0.570. The standard InChI is InChI=1S/C12H25N.CH3NO/c1-3-8-11(4-2)13-12-9-6-5-7-10-12;2-1-3/h11-13H,3-10H2,1-2H3;1H,(H2,2,3). The van der Waals surface area contributed by atoms with Crippen molar-refractivity contribution in [3.05, 3.63) is 0 Å². The van der Waals surface area contributed by atoms with Gasteiger partial charge in [0.25, 0.3) is 0 Å². The second-order valence-corrected chi connectivity index (χ2v) is 4.53. The SMILES string of the molecule is CCCC(CC)NC1CCCCC1.NC=O. The van der Waals surface area contributed by atoms with Crippen LogP contribution >= 0.6 is 0 Å². The lowest BCUT2D eigenvalue weighted by molar-refractivity contribution is -0.106. The van der Waals surface area contributed by atoms with Crippen molar-refractivity contribution in [2.24, 2.45) is 5.73 Å². The van der Waals surface area contributed by atoms with Crippen molar-refractivity contribution in [2.75, 3.05) is 0 Å². The molecule has 1 aliphatic rings. The fourth-order valence-electron chi connectivity index (χ4n) is 2.36. The fraction of sp³-hybridized carbons (Fsp3) is 0.923. The van der Waals surface area contributed by atoms with E-state index in [0.29, 0.717) is 0 Å². The maximum atomic E-state index is 8.58. The molecule has 3 nitrogen and oxygen atoms in total. The van der Waals surface area contributed by atoms with E-state index in [1.54, 1.807) is 0 Å². The summed E-state index contributed by atoms with van der Waals surface area (Å²) in [7, 11) is 0. The van der Waals surface area contributed by atoms with E-state index in [1.807, 2.05) is 0 Å². The number of nitrogens with one attached hydrogen (secondary N) is 1. The van der Waals surface area contributed by atoms with E-state index in [4.69, 9.17) is 4.79 Å². The number of hydrogen-bond donors (Lipinski definition) is 2. The number of primary amides is 1. The molecule has 1 rings (SSSR count). The van der Waals surface area contributed by atoms with E-state index < -0.39 is 0 Å². The molecule has 16 heavy (non-hydrogen) atoms. The Labute approximate surface area is 100 Å². The number of amides is 1. The molecule has 0 bridgehead atoms. The third-order valence-electron chi connectivity index (χ3n) is 3.21. The fourth-order valence-corrected chi connectivity index (χ4v) is 2.36. The molecule has 1 unspecified atom stereocenters. The molecule has 1 atom stereocenters. The Morgan fingerprint density at radius 2 is 1.88 bits per heavy atom. The monoisotopic (exact) mass is 228 g/mol. The van der Waals surface area contributed by atoms with Gasteiger partial charge in [0, 0.05) is 12.1 Å². The van der Waals surface area contributed by atoms with Gasteiger partial charge in [-0.3, -0.25) is 4.79 Å². The first-order chi connectivity index (χ1) is 7.78. The minimum atomic E-state index is 0.250. The van der Waals surface area contributed by atoms with Crippen LogP contribution in [0.3, 0.4) is 0 Å². The van der Waals surface area contributed by atoms with Crippen molar-refractivity contribution in [3.63, 3.8) is 0 Å². The molecule has 3 heteroatoms. The minimum absolute atomic E-state index is 0.250. The molecule has 0 aromatic heterocycles. The summed E-state index contributed by atoms with van der Waals surface area (Å²) >= 11 is 0. The molecule has 3 N–H and O–H groups in total. The molecule has 1 saturated carbocycles. The first-order valence-electron chi connectivity index (χ1n) is 6.69. The average molecular weight is 228 g/mol. The quantitative estimate of drug-likeness (QED) is 0.711. The molecule has 0 saturated heterocycles. The average Bonchev–Trinajstić information content (AvgIpc) is 2.31. The van der Waals surface area contributed by atoms with Gasteiger partial charge in [-0.15, -0.1) is 0 Å². The van der Waals surface area contributed by atoms with Crippen LogP contribution in [0.4, 0.5) is 0 Å². The van der Waals surface area contributed by atoms with Crippen molar-refractivity contribution in [1.82, 2.24) is 5.32 Å². The minimum Gasteiger partial charge on any atom is -0.372 e. The van der Waals surface area contributed by atoms with Crippen LogP contribution in [-0.4, -0.2) is 18.5 Å². The van der Waals surface area contributed by atoms with Crippen LogP contribution in [0.2, 0.25) is 0 Å². The Morgan fingerprint density at radius 1 is 1.31 bits per heavy atom. The van der Waals surface area contributed by atoms with E-state index in [2.05, 4.69) is 24.9 Å². The summed E-state index contributed by atoms with van der Waals surface area (Å²) in [6.07, 6.45) is 11.4. The summed E-state index contributed by atoms with van der Waals surface area (Å²) in [5.74, 6) is 0. The van der Waals surface area contributed by atoms with Gasteiger partial charge in [0.05, 0.1) is 0 Å². The Balaban J connectivity index is 0.000000673. The number of carbonyl (C=O) groups excluding carboxylic acids is 1. The van der Waals surface area contributed by atoms with Crippen LogP contribution in [0.5, 0.6) is 0 Å². The Bertz CT molecular complexity index is 153. The molecular formula is C13H28N2O. The molecule has 0 aromatic carbocycles. The van der Waals surface area contributed by atoms with E-state index >= 15 is 0 Å². The third kappa shape index (κ3) is 7.69.